The van der Waals surface area contributed by atoms with E-state index in [2.05, 4.69) is 20.3 Å². The number of thiazole rings is 1. The molecule has 6 rings (SSSR count). The molecule has 3 fully saturated rings. The van der Waals surface area contributed by atoms with Crippen molar-refractivity contribution in [2.45, 2.75) is 31.1 Å². The van der Waals surface area contributed by atoms with Crippen molar-refractivity contribution in [3.05, 3.63) is 23.7 Å². The number of nitrogens with one attached hydrogen (secondary N) is 1. The molecule has 0 radical (unpaired) electrons. The lowest BCUT2D eigenvalue weighted by Gasteiger charge is -2.41. The highest BCUT2D eigenvalue weighted by Gasteiger charge is 2.71. The molecular weight excluding hydrogens is 574 g/mol. The number of imide groups is 1. The van der Waals surface area contributed by atoms with Gasteiger partial charge in [0.25, 0.3) is 11.8 Å². The number of carbonyl (C=O) groups is 4. The summed E-state index contributed by atoms with van der Waals surface area (Å²) < 4.78 is 31.8. The summed E-state index contributed by atoms with van der Waals surface area (Å²) in [5.74, 6) is -4.31. The molecular formula is C26H28F2N8O5S. The molecule has 4 unspecified atom stereocenters. The number of methoxy groups -OCH3 is 1. The minimum atomic E-state index is -2.55. The lowest BCUT2D eigenvalue weighted by molar-refractivity contribution is -0.142. The molecule has 0 aromatic carbocycles. The van der Waals surface area contributed by atoms with E-state index < -0.39 is 66.2 Å². The first-order chi connectivity index (χ1) is 20.0. The van der Waals surface area contributed by atoms with Gasteiger partial charge in [0.15, 0.2) is 18.0 Å². The normalized spacial score (nSPS) is 26.4. The Morgan fingerprint density at radius 1 is 1.24 bits per heavy atom. The lowest BCUT2D eigenvalue weighted by Crippen LogP contribution is -2.66. The molecule has 4 amide bonds. The number of nitrogens with zero attached hydrogens (tertiary/aromatic N) is 7. The van der Waals surface area contributed by atoms with Crippen LogP contribution in [0.15, 0.2) is 28.7 Å². The Morgan fingerprint density at radius 3 is 2.64 bits per heavy atom. The van der Waals surface area contributed by atoms with E-state index in [1.165, 1.54) is 41.6 Å². The molecule has 0 bridgehead atoms. The molecule has 0 spiro atoms. The number of aliphatic imine (C=N–C) groups is 1. The third-order valence-electron chi connectivity index (χ3n) is 8.15. The molecule has 1 saturated carbocycles. The first-order valence-electron chi connectivity index (χ1n) is 13.3. The van der Waals surface area contributed by atoms with E-state index in [0.717, 1.165) is 4.90 Å². The Balaban J connectivity index is 1.09. The van der Waals surface area contributed by atoms with Gasteiger partial charge in [0.1, 0.15) is 29.3 Å². The van der Waals surface area contributed by atoms with Crippen molar-refractivity contribution in [2.24, 2.45) is 16.8 Å². The van der Waals surface area contributed by atoms with Crippen molar-refractivity contribution in [3.8, 4) is 10.6 Å². The zero-order valence-corrected chi connectivity index (χ0v) is 23.8. The van der Waals surface area contributed by atoms with E-state index >= 15 is 0 Å². The Hall–Kier alpha value is -4.05. The van der Waals surface area contributed by atoms with Gasteiger partial charge in [0.2, 0.25) is 5.91 Å². The molecule has 3 aliphatic heterocycles. The number of fused-ring (bicyclic) bond motifs is 2. The Labute approximate surface area is 243 Å². The molecule has 1 N–H and O–H groups in total. The number of carbonyl (C=O) groups excluding carboxylic acids is 4. The highest BCUT2D eigenvalue weighted by Crippen LogP contribution is 2.59. The topological polar surface area (TPSA) is 141 Å². The average Bonchev–Trinajstić information content (AvgIpc) is 3.55. The van der Waals surface area contributed by atoms with Gasteiger partial charge in [-0.1, -0.05) is 0 Å². The van der Waals surface area contributed by atoms with Crippen molar-refractivity contribution in [1.82, 2.24) is 24.7 Å². The third kappa shape index (κ3) is 4.67. The van der Waals surface area contributed by atoms with Crippen LogP contribution in [0.2, 0.25) is 0 Å². The van der Waals surface area contributed by atoms with E-state index in [1.807, 2.05) is 11.0 Å². The summed E-state index contributed by atoms with van der Waals surface area (Å²) in [7, 11) is 2.82. The predicted molar refractivity (Wildman–Crippen MR) is 147 cm³/mol. The number of ketones is 1. The summed E-state index contributed by atoms with van der Waals surface area (Å²) in [6.07, 6.45) is 2.16. The summed E-state index contributed by atoms with van der Waals surface area (Å²) >= 11 is 1.30. The van der Waals surface area contributed by atoms with E-state index in [1.54, 1.807) is 24.6 Å². The fourth-order valence-corrected chi connectivity index (χ4v) is 6.41. The number of rotatable bonds is 9. The number of halogens is 2. The zero-order valence-electron chi connectivity index (χ0n) is 22.9. The van der Waals surface area contributed by atoms with Crippen LogP contribution in [0.1, 0.15) is 6.92 Å². The maximum absolute atomic E-state index is 13.5. The van der Waals surface area contributed by atoms with Gasteiger partial charge in [0, 0.05) is 44.4 Å². The molecule has 42 heavy (non-hydrogen) atoms. The summed E-state index contributed by atoms with van der Waals surface area (Å²) in [5, 5.41) is 5.03. The first-order valence-corrected chi connectivity index (χ1v) is 14.1. The zero-order chi connectivity index (χ0) is 29.9. The largest absolute Gasteiger partial charge is 0.377 e. The van der Waals surface area contributed by atoms with Crippen molar-refractivity contribution < 1.29 is 32.7 Å². The summed E-state index contributed by atoms with van der Waals surface area (Å²) in [6.45, 7) is 1.49. The standard InChI is InChI=1S/C26H28F2N8O5S/c1-13(36-12-30-21-20(36)24(39)35(25(40)33(21)2)7-15(37)10-41-3)22(38)31-18-11-42-23(32-18)14-4-5-19(29-6-14)34-8-16-17(9-34)26(16,27)28/h4-6,11-13,16-17,20-21H,7-10H2,1-3H3,(H,31,38)/t13-,16?,17?,20?,21?/m0/s1. The molecule has 2 aromatic heterocycles. The second-order valence-electron chi connectivity index (χ2n) is 10.8. The number of hydrogen-bond acceptors (Lipinski definition) is 11. The minimum Gasteiger partial charge on any atom is -0.377 e. The Morgan fingerprint density at radius 2 is 1.98 bits per heavy atom. The molecule has 5 atom stereocenters. The Bertz CT molecular complexity index is 1450. The number of pyridine rings is 1. The monoisotopic (exact) mass is 602 g/mol. The van der Waals surface area contributed by atoms with Crippen LogP contribution in [0.25, 0.3) is 10.6 Å². The summed E-state index contributed by atoms with van der Waals surface area (Å²) in [6, 6.07) is 1.09. The molecule has 1 aliphatic carbocycles. The maximum Gasteiger partial charge on any atom is 0.328 e. The SMILES string of the molecule is COCC(=O)CN1C(=O)C2C(N=CN2[C@@H](C)C(=O)Nc2csc(-c3ccc(N4CC5C(C4)C5(F)F)nc3)n2)N(C)C1=O. The van der Waals surface area contributed by atoms with Crippen LogP contribution in [0, 0.1) is 11.8 Å². The average molecular weight is 603 g/mol. The molecule has 13 nitrogen and oxygen atoms in total. The van der Waals surface area contributed by atoms with Gasteiger partial charge in [0.05, 0.1) is 24.7 Å². The van der Waals surface area contributed by atoms with E-state index in [0.29, 0.717) is 35.3 Å². The number of alkyl halides is 2. The van der Waals surface area contributed by atoms with E-state index in [9.17, 15) is 28.0 Å². The molecule has 5 heterocycles. The summed E-state index contributed by atoms with van der Waals surface area (Å²) in [4.78, 5) is 70.0. The quantitative estimate of drug-likeness (QED) is 0.451. The number of piperidine rings is 1. The van der Waals surface area contributed by atoms with Crippen LogP contribution in [-0.4, -0.2) is 119 Å². The van der Waals surface area contributed by atoms with Crippen molar-refractivity contribution in [2.75, 3.05) is 50.6 Å². The first kappa shape index (κ1) is 28.1. The van der Waals surface area contributed by atoms with Crippen LogP contribution < -0.4 is 10.2 Å². The molecule has 4 aliphatic rings. The fraction of sp³-hybridized carbons (Fsp3) is 0.500. The number of hydrogen-bond donors (Lipinski definition) is 1. The number of ether oxygens (including phenoxy) is 1. The second kappa shape index (κ2) is 10.3. The van der Waals surface area contributed by atoms with Gasteiger partial charge in [-0.15, -0.1) is 11.3 Å². The molecule has 2 saturated heterocycles. The van der Waals surface area contributed by atoms with Gasteiger partial charge in [-0.05, 0) is 19.1 Å². The fourth-order valence-electron chi connectivity index (χ4n) is 5.67. The number of amides is 4. The lowest BCUT2D eigenvalue weighted by atomic mass is 10.1. The van der Waals surface area contributed by atoms with E-state index in [-0.39, 0.29) is 6.61 Å². The second-order valence-corrected chi connectivity index (χ2v) is 11.6. The highest BCUT2D eigenvalue weighted by molar-refractivity contribution is 7.13. The van der Waals surface area contributed by atoms with Crippen LogP contribution in [-0.2, 0) is 19.1 Å². The van der Waals surface area contributed by atoms with Gasteiger partial charge in [-0.2, -0.15) is 0 Å². The van der Waals surface area contributed by atoms with Gasteiger partial charge in [-0.25, -0.2) is 28.5 Å². The van der Waals surface area contributed by atoms with Gasteiger partial charge >= 0.3 is 6.03 Å². The number of Topliss-reactive ketones (excluding diaryl/α,β-unsaturated/α-hetero) is 1. The minimum absolute atomic E-state index is 0.246. The van der Waals surface area contributed by atoms with Gasteiger partial charge < -0.3 is 24.8 Å². The van der Waals surface area contributed by atoms with Gasteiger partial charge in [-0.3, -0.25) is 19.3 Å². The number of aromatic nitrogens is 2. The Kier molecular flexibility index (Phi) is 6.92. The smallest absolute Gasteiger partial charge is 0.328 e. The third-order valence-corrected chi connectivity index (χ3v) is 9.04. The van der Waals surface area contributed by atoms with Crippen molar-refractivity contribution in [1.29, 1.82) is 0 Å². The van der Waals surface area contributed by atoms with Crippen LogP contribution >= 0.6 is 11.3 Å². The maximum atomic E-state index is 13.5. The predicted octanol–water partition coefficient (Wildman–Crippen LogP) is 1.38. The summed E-state index contributed by atoms with van der Waals surface area (Å²) in [5.41, 5.74) is 0.713. The van der Waals surface area contributed by atoms with Crippen molar-refractivity contribution >= 4 is 52.9 Å². The number of likely N-dealkylation sites (N-methyl/N-ethyl adjacent to an activating group) is 1. The molecule has 2 aromatic rings. The van der Waals surface area contributed by atoms with E-state index in [4.69, 9.17) is 4.74 Å². The number of anilines is 2. The van der Waals surface area contributed by atoms with Crippen molar-refractivity contribution in [3.63, 3.8) is 0 Å². The molecule has 222 valence electrons. The number of urea groups is 1. The van der Waals surface area contributed by atoms with Crippen LogP contribution in [0.5, 0.6) is 0 Å². The molecule has 16 heteroatoms. The van der Waals surface area contributed by atoms with Crippen LogP contribution in [0.4, 0.5) is 25.2 Å². The highest BCUT2D eigenvalue weighted by atomic mass is 32.1. The van der Waals surface area contributed by atoms with Crippen LogP contribution in [0.3, 0.4) is 0 Å².